The fourth-order valence-corrected chi connectivity index (χ4v) is 3.54. The Bertz CT molecular complexity index is 1030. The highest BCUT2D eigenvalue weighted by molar-refractivity contribution is 5.94. The lowest BCUT2D eigenvalue weighted by Crippen LogP contribution is -2.48. The molecule has 0 N–H and O–H groups in total. The van der Waals surface area contributed by atoms with Gasteiger partial charge in [-0.25, -0.2) is 0 Å². The van der Waals surface area contributed by atoms with Gasteiger partial charge in [-0.3, -0.25) is 19.8 Å². The van der Waals surface area contributed by atoms with Crippen molar-refractivity contribution in [2.45, 2.75) is 13.2 Å². The number of carbonyl (C=O) groups is 1. The van der Waals surface area contributed by atoms with Crippen LogP contribution in [0.3, 0.4) is 0 Å². The van der Waals surface area contributed by atoms with Crippen molar-refractivity contribution in [3.8, 4) is 5.75 Å². The lowest BCUT2D eigenvalue weighted by Gasteiger charge is -2.34. The van der Waals surface area contributed by atoms with Crippen molar-refractivity contribution in [3.05, 3.63) is 93.9 Å². The molecule has 0 bridgehead atoms. The molecule has 160 valence electrons. The summed E-state index contributed by atoms with van der Waals surface area (Å²) in [4.78, 5) is 27.4. The molecule has 1 saturated heterocycles. The summed E-state index contributed by atoms with van der Waals surface area (Å²) in [6.07, 6.45) is 1.67. The molecule has 2 aromatic carbocycles. The first-order valence-corrected chi connectivity index (χ1v) is 10.1. The van der Waals surface area contributed by atoms with Crippen LogP contribution in [0, 0.1) is 10.1 Å². The topological polar surface area (TPSA) is 89.1 Å². The van der Waals surface area contributed by atoms with Crippen LogP contribution < -0.4 is 4.74 Å². The molecule has 31 heavy (non-hydrogen) atoms. The minimum absolute atomic E-state index is 0.00911. The van der Waals surface area contributed by atoms with Gasteiger partial charge in [0.15, 0.2) is 0 Å². The van der Waals surface area contributed by atoms with Crippen molar-refractivity contribution < 1.29 is 18.9 Å². The van der Waals surface area contributed by atoms with E-state index in [9.17, 15) is 14.9 Å². The summed E-state index contributed by atoms with van der Waals surface area (Å²) >= 11 is 0. The molecule has 3 aromatic rings. The van der Waals surface area contributed by atoms with E-state index in [4.69, 9.17) is 9.15 Å². The van der Waals surface area contributed by atoms with Gasteiger partial charge in [0.05, 0.1) is 17.7 Å². The number of hydrogen-bond acceptors (Lipinski definition) is 6. The van der Waals surface area contributed by atoms with E-state index in [1.165, 1.54) is 12.1 Å². The Labute approximate surface area is 179 Å². The number of nitro groups is 1. The molecule has 0 spiro atoms. The van der Waals surface area contributed by atoms with Gasteiger partial charge in [-0.2, -0.15) is 0 Å². The molecular formula is C23H23N3O5. The third kappa shape index (κ3) is 5.29. The SMILES string of the molecule is O=C(c1cccc(COc2ccc([N+](=O)[O-])cc2)c1)N1CCN(Cc2ccco2)CC1. The van der Waals surface area contributed by atoms with Gasteiger partial charge >= 0.3 is 0 Å². The van der Waals surface area contributed by atoms with Gasteiger partial charge in [-0.15, -0.1) is 0 Å². The van der Waals surface area contributed by atoms with Crippen molar-refractivity contribution in [2.24, 2.45) is 0 Å². The Morgan fingerprint density at radius 2 is 1.81 bits per heavy atom. The first kappa shape index (κ1) is 20.6. The summed E-state index contributed by atoms with van der Waals surface area (Å²) < 4.78 is 11.1. The van der Waals surface area contributed by atoms with E-state index < -0.39 is 4.92 Å². The van der Waals surface area contributed by atoms with E-state index in [1.807, 2.05) is 41.3 Å². The molecule has 4 rings (SSSR count). The number of nitrogens with zero attached hydrogens (tertiary/aromatic N) is 3. The normalized spacial score (nSPS) is 14.4. The Morgan fingerprint density at radius 1 is 1.03 bits per heavy atom. The summed E-state index contributed by atoms with van der Waals surface area (Å²) in [5.41, 5.74) is 1.51. The van der Waals surface area contributed by atoms with Crippen LogP contribution in [-0.4, -0.2) is 46.8 Å². The molecule has 1 fully saturated rings. The van der Waals surface area contributed by atoms with Gasteiger partial charge in [0.2, 0.25) is 0 Å². The van der Waals surface area contributed by atoms with Crippen molar-refractivity contribution >= 4 is 11.6 Å². The average Bonchev–Trinajstić information content (AvgIpc) is 3.31. The van der Waals surface area contributed by atoms with Gasteiger partial charge in [-0.05, 0) is 42.0 Å². The standard InChI is InChI=1S/C23H23N3O5/c27-23(25-12-10-24(11-13-25)16-22-5-2-14-30-22)19-4-1-3-18(15-19)17-31-21-8-6-20(7-9-21)26(28)29/h1-9,14-15H,10-13,16-17H2. The number of carbonyl (C=O) groups excluding carboxylic acids is 1. The monoisotopic (exact) mass is 421 g/mol. The lowest BCUT2D eigenvalue weighted by atomic mass is 10.1. The lowest BCUT2D eigenvalue weighted by molar-refractivity contribution is -0.384. The highest BCUT2D eigenvalue weighted by Gasteiger charge is 2.22. The fraction of sp³-hybridized carbons (Fsp3) is 0.261. The average molecular weight is 421 g/mol. The van der Waals surface area contributed by atoms with E-state index in [0.29, 0.717) is 24.4 Å². The minimum Gasteiger partial charge on any atom is -0.489 e. The van der Waals surface area contributed by atoms with Crippen LogP contribution in [0.25, 0.3) is 0 Å². The molecule has 8 heteroatoms. The third-order valence-corrected chi connectivity index (χ3v) is 5.25. The van der Waals surface area contributed by atoms with Crippen LogP contribution in [-0.2, 0) is 13.2 Å². The smallest absolute Gasteiger partial charge is 0.269 e. The highest BCUT2D eigenvalue weighted by atomic mass is 16.6. The summed E-state index contributed by atoms with van der Waals surface area (Å²) in [7, 11) is 0. The summed E-state index contributed by atoms with van der Waals surface area (Å²) in [6, 6.07) is 17.2. The van der Waals surface area contributed by atoms with E-state index >= 15 is 0 Å². The van der Waals surface area contributed by atoms with E-state index in [2.05, 4.69) is 4.90 Å². The zero-order valence-electron chi connectivity index (χ0n) is 17.0. The first-order valence-electron chi connectivity index (χ1n) is 10.1. The van der Waals surface area contributed by atoms with Crippen LogP contribution in [0.15, 0.2) is 71.3 Å². The predicted octanol–water partition coefficient (Wildman–Crippen LogP) is 3.72. The quantitative estimate of drug-likeness (QED) is 0.427. The van der Waals surface area contributed by atoms with Gasteiger partial charge in [0.25, 0.3) is 11.6 Å². The molecule has 0 atom stereocenters. The number of benzene rings is 2. The Hall–Kier alpha value is -3.65. The van der Waals surface area contributed by atoms with Crippen molar-refractivity contribution in [2.75, 3.05) is 26.2 Å². The van der Waals surface area contributed by atoms with Crippen LogP contribution in [0.4, 0.5) is 5.69 Å². The van der Waals surface area contributed by atoms with Crippen molar-refractivity contribution in [1.29, 1.82) is 0 Å². The van der Waals surface area contributed by atoms with Crippen molar-refractivity contribution in [3.63, 3.8) is 0 Å². The maximum atomic E-state index is 12.9. The molecule has 1 aliphatic rings. The second-order valence-corrected chi connectivity index (χ2v) is 7.39. The molecule has 0 radical (unpaired) electrons. The number of piperazine rings is 1. The Morgan fingerprint density at radius 3 is 2.48 bits per heavy atom. The molecule has 1 amide bonds. The number of hydrogen-bond donors (Lipinski definition) is 0. The van der Waals surface area contributed by atoms with E-state index in [0.717, 1.165) is 31.0 Å². The second kappa shape index (κ2) is 9.44. The number of furan rings is 1. The van der Waals surface area contributed by atoms with Gasteiger partial charge in [0, 0.05) is 43.9 Å². The number of rotatable bonds is 7. The fourth-order valence-electron chi connectivity index (χ4n) is 3.54. The molecular weight excluding hydrogens is 398 g/mol. The maximum Gasteiger partial charge on any atom is 0.269 e. The van der Waals surface area contributed by atoms with Crippen LogP contribution in [0.5, 0.6) is 5.75 Å². The van der Waals surface area contributed by atoms with E-state index in [1.54, 1.807) is 18.4 Å². The summed E-state index contributed by atoms with van der Waals surface area (Å²) in [6.45, 7) is 3.97. The van der Waals surface area contributed by atoms with Gasteiger partial charge in [0.1, 0.15) is 18.1 Å². The van der Waals surface area contributed by atoms with E-state index in [-0.39, 0.29) is 18.2 Å². The van der Waals surface area contributed by atoms with Crippen LogP contribution in [0.1, 0.15) is 21.7 Å². The van der Waals surface area contributed by atoms with Gasteiger partial charge < -0.3 is 14.1 Å². The Balaban J connectivity index is 1.31. The van der Waals surface area contributed by atoms with Crippen LogP contribution in [0.2, 0.25) is 0 Å². The molecule has 0 saturated carbocycles. The first-order chi connectivity index (χ1) is 15.1. The number of nitro benzene ring substituents is 1. The number of ether oxygens (including phenoxy) is 1. The largest absolute Gasteiger partial charge is 0.489 e. The Kier molecular flexibility index (Phi) is 6.28. The zero-order chi connectivity index (χ0) is 21.6. The highest BCUT2D eigenvalue weighted by Crippen LogP contribution is 2.19. The molecule has 0 aliphatic carbocycles. The second-order valence-electron chi connectivity index (χ2n) is 7.39. The summed E-state index contributed by atoms with van der Waals surface area (Å²) in [5, 5.41) is 10.7. The zero-order valence-corrected chi connectivity index (χ0v) is 17.0. The predicted molar refractivity (Wildman–Crippen MR) is 114 cm³/mol. The van der Waals surface area contributed by atoms with Crippen LogP contribution >= 0.6 is 0 Å². The molecule has 1 aliphatic heterocycles. The molecule has 1 aromatic heterocycles. The molecule has 0 unspecified atom stereocenters. The number of amides is 1. The molecule has 8 nitrogen and oxygen atoms in total. The molecule has 2 heterocycles. The summed E-state index contributed by atoms with van der Waals surface area (Å²) in [5.74, 6) is 1.48. The van der Waals surface area contributed by atoms with Crippen molar-refractivity contribution in [1.82, 2.24) is 9.80 Å². The minimum atomic E-state index is -0.449. The third-order valence-electron chi connectivity index (χ3n) is 5.25. The number of non-ortho nitro benzene ring substituents is 1. The van der Waals surface area contributed by atoms with Gasteiger partial charge in [-0.1, -0.05) is 12.1 Å². The maximum absolute atomic E-state index is 12.9.